The maximum Gasteiger partial charge on any atom is 0.271 e. The predicted molar refractivity (Wildman–Crippen MR) is 83.4 cm³/mol. The summed E-state index contributed by atoms with van der Waals surface area (Å²) in [6.07, 6.45) is 0. The van der Waals surface area contributed by atoms with Crippen molar-refractivity contribution in [1.29, 1.82) is 0 Å². The first kappa shape index (κ1) is 15.3. The van der Waals surface area contributed by atoms with Gasteiger partial charge < -0.3 is 10.5 Å². The third-order valence-electron chi connectivity index (χ3n) is 3.33. The Morgan fingerprint density at radius 3 is 2.62 bits per heavy atom. The molecule has 0 aliphatic carbocycles. The lowest BCUT2D eigenvalue weighted by molar-refractivity contribution is 0.415. The van der Waals surface area contributed by atoms with Crippen molar-refractivity contribution in [3.05, 3.63) is 46.2 Å². The summed E-state index contributed by atoms with van der Waals surface area (Å²) in [4.78, 5) is 12.3. The van der Waals surface area contributed by atoms with Gasteiger partial charge in [-0.1, -0.05) is 12.1 Å². The Morgan fingerprint density at radius 2 is 2.05 bits per heavy atom. The average molecular weight is 287 g/mol. The van der Waals surface area contributed by atoms with Gasteiger partial charge in [0.25, 0.3) is 5.56 Å². The van der Waals surface area contributed by atoms with Crippen molar-refractivity contribution < 1.29 is 4.74 Å². The van der Waals surface area contributed by atoms with Gasteiger partial charge in [0.1, 0.15) is 5.75 Å². The minimum absolute atomic E-state index is 0.142. The molecule has 2 N–H and O–H groups in total. The number of hydrogen-bond donors (Lipinski definition) is 1. The Kier molecular flexibility index (Phi) is 4.14. The number of rotatable bonds is 4. The quantitative estimate of drug-likeness (QED) is 0.935. The van der Waals surface area contributed by atoms with Crippen LogP contribution in [0.25, 0.3) is 11.3 Å². The molecule has 0 amide bonds. The van der Waals surface area contributed by atoms with Gasteiger partial charge in [-0.3, -0.25) is 4.79 Å². The molecule has 0 saturated carbocycles. The van der Waals surface area contributed by atoms with Crippen LogP contribution in [-0.2, 0) is 12.1 Å². The van der Waals surface area contributed by atoms with Crippen LogP contribution in [0.2, 0.25) is 0 Å². The molecular weight excluding hydrogens is 266 g/mol. The van der Waals surface area contributed by atoms with E-state index in [9.17, 15) is 4.79 Å². The number of benzene rings is 1. The summed E-state index contributed by atoms with van der Waals surface area (Å²) in [6.45, 7) is 6.02. The first-order valence-corrected chi connectivity index (χ1v) is 6.92. The SMILES string of the molecule is CCn1nc(-c2cccc(OC)c2)cc(C(C)(C)N)c1=O. The molecule has 0 spiro atoms. The van der Waals surface area contributed by atoms with Gasteiger partial charge in [0.15, 0.2) is 0 Å². The molecule has 1 aromatic heterocycles. The van der Waals surface area contributed by atoms with E-state index in [1.54, 1.807) is 13.2 Å². The van der Waals surface area contributed by atoms with Crippen LogP contribution in [0.5, 0.6) is 5.75 Å². The van der Waals surface area contributed by atoms with Crippen molar-refractivity contribution in [2.75, 3.05) is 7.11 Å². The topological polar surface area (TPSA) is 70.1 Å². The highest BCUT2D eigenvalue weighted by atomic mass is 16.5. The number of hydrogen-bond acceptors (Lipinski definition) is 4. The molecule has 0 aliphatic heterocycles. The van der Waals surface area contributed by atoms with Gasteiger partial charge in [0.05, 0.1) is 12.8 Å². The smallest absolute Gasteiger partial charge is 0.271 e. The Labute approximate surface area is 124 Å². The number of aryl methyl sites for hydroxylation is 1. The lowest BCUT2D eigenvalue weighted by atomic mass is 9.96. The fourth-order valence-electron chi connectivity index (χ4n) is 2.14. The number of methoxy groups -OCH3 is 1. The van der Waals surface area contributed by atoms with Crippen LogP contribution >= 0.6 is 0 Å². The van der Waals surface area contributed by atoms with E-state index in [4.69, 9.17) is 10.5 Å². The monoisotopic (exact) mass is 287 g/mol. The highest BCUT2D eigenvalue weighted by Gasteiger charge is 2.21. The van der Waals surface area contributed by atoms with E-state index in [0.717, 1.165) is 11.3 Å². The van der Waals surface area contributed by atoms with Crippen LogP contribution in [0.4, 0.5) is 0 Å². The van der Waals surface area contributed by atoms with Crippen molar-refractivity contribution >= 4 is 0 Å². The second-order valence-electron chi connectivity index (χ2n) is 5.52. The van der Waals surface area contributed by atoms with E-state index in [1.807, 2.05) is 45.0 Å². The maximum atomic E-state index is 12.3. The number of aromatic nitrogens is 2. The van der Waals surface area contributed by atoms with E-state index in [2.05, 4.69) is 5.10 Å². The molecule has 0 fully saturated rings. The largest absolute Gasteiger partial charge is 0.497 e. The van der Waals surface area contributed by atoms with E-state index in [-0.39, 0.29) is 5.56 Å². The summed E-state index contributed by atoms with van der Waals surface area (Å²) in [5.41, 5.74) is 7.41. The van der Waals surface area contributed by atoms with Crippen LogP contribution in [-0.4, -0.2) is 16.9 Å². The van der Waals surface area contributed by atoms with Crippen LogP contribution in [0.1, 0.15) is 26.3 Å². The lowest BCUT2D eigenvalue weighted by Crippen LogP contribution is -2.39. The summed E-state index contributed by atoms with van der Waals surface area (Å²) in [6, 6.07) is 9.35. The molecule has 0 saturated heterocycles. The summed E-state index contributed by atoms with van der Waals surface area (Å²) in [5, 5.41) is 4.40. The van der Waals surface area contributed by atoms with Crippen molar-refractivity contribution in [2.45, 2.75) is 32.9 Å². The second kappa shape index (κ2) is 5.69. The summed E-state index contributed by atoms with van der Waals surface area (Å²) >= 11 is 0. The minimum atomic E-state index is -0.718. The zero-order valence-corrected chi connectivity index (χ0v) is 12.9. The number of nitrogens with two attached hydrogens (primary N) is 1. The van der Waals surface area contributed by atoms with Crippen molar-refractivity contribution in [3.63, 3.8) is 0 Å². The van der Waals surface area contributed by atoms with Crippen molar-refractivity contribution in [3.8, 4) is 17.0 Å². The number of ether oxygens (including phenoxy) is 1. The molecule has 21 heavy (non-hydrogen) atoms. The molecule has 2 rings (SSSR count). The first-order valence-electron chi connectivity index (χ1n) is 6.92. The Hall–Kier alpha value is -2.14. The molecular formula is C16H21N3O2. The molecule has 112 valence electrons. The Bertz CT molecular complexity index is 699. The molecule has 1 heterocycles. The highest BCUT2D eigenvalue weighted by molar-refractivity contribution is 5.61. The van der Waals surface area contributed by atoms with E-state index >= 15 is 0 Å². The molecule has 0 bridgehead atoms. The van der Waals surface area contributed by atoms with E-state index in [0.29, 0.717) is 17.8 Å². The standard InChI is InChI=1S/C16H21N3O2/c1-5-19-15(20)13(16(2,3)17)10-14(18-19)11-7-6-8-12(9-11)21-4/h6-10H,5,17H2,1-4H3. The number of nitrogens with zero attached hydrogens (tertiary/aromatic N) is 2. The molecule has 0 atom stereocenters. The summed E-state index contributed by atoms with van der Waals surface area (Å²) in [5.74, 6) is 0.747. The molecule has 5 nitrogen and oxygen atoms in total. The van der Waals surface area contributed by atoms with E-state index < -0.39 is 5.54 Å². The third-order valence-corrected chi connectivity index (χ3v) is 3.33. The Morgan fingerprint density at radius 1 is 1.33 bits per heavy atom. The van der Waals surface area contributed by atoms with Crippen LogP contribution < -0.4 is 16.0 Å². The molecule has 1 aromatic carbocycles. The predicted octanol–water partition coefficient (Wildman–Crippen LogP) is 2.13. The lowest BCUT2D eigenvalue weighted by Gasteiger charge is -2.20. The fraction of sp³-hybridized carbons (Fsp3) is 0.375. The first-order chi connectivity index (χ1) is 9.86. The van der Waals surface area contributed by atoms with Gasteiger partial charge in [-0.2, -0.15) is 5.10 Å². The van der Waals surface area contributed by atoms with Gasteiger partial charge in [-0.05, 0) is 39.0 Å². The maximum absolute atomic E-state index is 12.3. The van der Waals surface area contributed by atoms with Gasteiger partial charge >= 0.3 is 0 Å². The van der Waals surface area contributed by atoms with E-state index in [1.165, 1.54) is 4.68 Å². The molecule has 2 aromatic rings. The molecule has 5 heteroatoms. The van der Waals surface area contributed by atoms with Gasteiger partial charge in [-0.25, -0.2) is 4.68 Å². The molecule has 0 unspecified atom stereocenters. The van der Waals surface area contributed by atoms with Gasteiger partial charge in [0, 0.05) is 23.2 Å². The minimum Gasteiger partial charge on any atom is -0.497 e. The molecule has 0 aliphatic rings. The fourth-order valence-corrected chi connectivity index (χ4v) is 2.14. The average Bonchev–Trinajstić information content (AvgIpc) is 2.46. The zero-order valence-electron chi connectivity index (χ0n) is 12.9. The summed E-state index contributed by atoms with van der Waals surface area (Å²) < 4.78 is 6.68. The highest BCUT2D eigenvalue weighted by Crippen LogP contribution is 2.24. The van der Waals surface area contributed by atoms with Gasteiger partial charge in [0.2, 0.25) is 0 Å². The van der Waals surface area contributed by atoms with Crippen molar-refractivity contribution in [1.82, 2.24) is 9.78 Å². The van der Waals surface area contributed by atoms with Crippen LogP contribution in [0.15, 0.2) is 35.1 Å². The van der Waals surface area contributed by atoms with Crippen LogP contribution in [0.3, 0.4) is 0 Å². The summed E-state index contributed by atoms with van der Waals surface area (Å²) in [7, 11) is 1.62. The third kappa shape index (κ3) is 3.13. The van der Waals surface area contributed by atoms with Crippen molar-refractivity contribution in [2.24, 2.45) is 5.73 Å². The zero-order chi connectivity index (χ0) is 15.6. The normalized spacial score (nSPS) is 11.5. The van der Waals surface area contributed by atoms with Crippen LogP contribution in [0, 0.1) is 0 Å². The van der Waals surface area contributed by atoms with Gasteiger partial charge in [-0.15, -0.1) is 0 Å². The Balaban J connectivity index is 2.66. The second-order valence-corrected chi connectivity index (χ2v) is 5.52. The molecule has 0 radical (unpaired) electrons.